The van der Waals surface area contributed by atoms with E-state index in [0.29, 0.717) is 19.0 Å². The fourth-order valence-electron chi connectivity index (χ4n) is 2.49. The molecule has 0 unspecified atom stereocenters. The highest BCUT2D eigenvalue weighted by molar-refractivity contribution is 5.87. The molecule has 2 heterocycles. The molecule has 1 saturated heterocycles. The Morgan fingerprint density at radius 2 is 2.00 bits per heavy atom. The molecule has 0 N–H and O–H groups in total. The van der Waals surface area contributed by atoms with E-state index in [1.165, 1.54) is 6.08 Å². The summed E-state index contributed by atoms with van der Waals surface area (Å²) in [4.78, 5) is 22.1. The van der Waals surface area contributed by atoms with E-state index in [4.69, 9.17) is 4.74 Å². The zero-order valence-electron chi connectivity index (χ0n) is 11.7. The summed E-state index contributed by atoms with van der Waals surface area (Å²) < 4.78 is 5.89. The molecule has 5 heteroatoms. The van der Waals surface area contributed by atoms with Crippen molar-refractivity contribution >= 4 is 16.9 Å². The van der Waals surface area contributed by atoms with Gasteiger partial charge in [0.15, 0.2) is 0 Å². The molecule has 0 spiro atoms. The standard InChI is InChI=1S/C16H17N3O2/c1-2-16(20)19-9-7-12(8-10-19)21-15-11-17-13-5-3-4-6-14(13)18-15/h2-6,11-12H,1,7-10H2. The van der Waals surface area contributed by atoms with Gasteiger partial charge in [0.1, 0.15) is 6.10 Å². The van der Waals surface area contributed by atoms with Gasteiger partial charge in [-0.15, -0.1) is 0 Å². The first-order valence-corrected chi connectivity index (χ1v) is 7.06. The van der Waals surface area contributed by atoms with Gasteiger partial charge in [-0.1, -0.05) is 18.7 Å². The summed E-state index contributed by atoms with van der Waals surface area (Å²) in [6, 6.07) is 7.70. The number of rotatable bonds is 3. The fraction of sp³-hybridized carbons (Fsp3) is 0.312. The molecular formula is C16H17N3O2. The van der Waals surface area contributed by atoms with Crippen LogP contribution in [-0.4, -0.2) is 40.0 Å². The van der Waals surface area contributed by atoms with E-state index >= 15 is 0 Å². The monoisotopic (exact) mass is 283 g/mol. The number of ether oxygens (including phenoxy) is 1. The average Bonchev–Trinajstić information content (AvgIpc) is 2.55. The third-order valence-corrected chi connectivity index (χ3v) is 3.64. The largest absolute Gasteiger partial charge is 0.473 e. The van der Waals surface area contributed by atoms with E-state index in [1.54, 1.807) is 11.1 Å². The highest BCUT2D eigenvalue weighted by Gasteiger charge is 2.22. The van der Waals surface area contributed by atoms with Crippen molar-refractivity contribution in [2.24, 2.45) is 0 Å². The van der Waals surface area contributed by atoms with E-state index < -0.39 is 0 Å². The van der Waals surface area contributed by atoms with Crippen molar-refractivity contribution in [3.63, 3.8) is 0 Å². The maximum absolute atomic E-state index is 11.5. The van der Waals surface area contributed by atoms with Gasteiger partial charge in [-0.05, 0) is 18.2 Å². The van der Waals surface area contributed by atoms with Crippen molar-refractivity contribution in [3.8, 4) is 5.88 Å². The van der Waals surface area contributed by atoms with Gasteiger partial charge < -0.3 is 9.64 Å². The Morgan fingerprint density at radius 1 is 1.29 bits per heavy atom. The minimum atomic E-state index is -0.0149. The maximum Gasteiger partial charge on any atom is 0.245 e. The van der Waals surface area contributed by atoms with E-state index in [-0.39, 0.29) is 12.0 Å². The highest BCUT2D eigenvalue weighted by atomic mass is 16.5. The summed E-state index contributed by atoms with van der Waals surface area (Å²) in [6.45, 7) is 4.89. The highest BCUT2D eigenvalue weighted by Crippen LogP contribution is 2.19. The van der Waals surface area contributed by atoms with Crippen LogP contribution < -0.4 is 4.74 Å². The molecule has 3 rings (SSSR count). The van der Waals surface area contributed by atoms with Crippen molar-refractivity contribution in [2.75, 3.05) is 13.1 Å². The molecule has 108 valence electrons. The van der Waals surface area contributed by atoms with Crippen LogP contribution in [0.2, 0.25) is 0 Å². The quantitative estimate of drug-likeness (QED) is 0.810. The van der Waals surface area contributed by atoms with Crippen molar-refractivity contribution in [1.82, 2.24) is 14.9 Å². The Bertz CT molecular complexity index is 663. The molecule has 1 aromatic carbocycles. The summed E-state index contributed by atoms with van der Waals surface area (Å²) in [5.74, 6) is 0.529. The van der Waals surface area contributed by atoms with Gasteiger partial charge in [-0.3, -0.25) is 4.79 Å². The van der Waals surface area contributed by atoms with Crippen LogP contribution in [0.15, 0.2) is 43.1 Å². The van der Waals surface area contributed by atoms with Crippen molar-refractivity contribution in [1.29, 1.82) is 0 Å². The number of para-hydroxylation sites is 2. The number of carbonyl (C=O) groups is 1. The van der Waals surface area contributed by atoms with E-state index in [1.807, 2.05) is 24.3 Å². The Labute approximate surface area is 123 Å². The van der Waals surface area contributed by atoms with Gasteiger partial charge in [0, 0.05) is 25.9 Å². The first-order valence-electron chi connectivity index (χ1n) is 7.06. The van der Waals surface area contributed by atoms with Crippen LogP contribution in [0, 0.1) is 0 Å². The molecule has 0 saturated carbocycles. The first kappa shape index (κ1) is 13.5. The van der Waals surface area contributed by atoms with Crippen molar-refractivity contribution in [3.05, 3.63) is 43.1 Å². The zero-order valence-corrected chi connectivity index (χ0v) is 11.7. The smallest absolute Gasteiger partial charge is 0.245 e. The van der Waals surface area contributed by atoms with Crippen LogP contribution in [0.5, 0.6) is 5.88 Å². The second-order valence-corrected chi connectivity index (χ2v) is 5.04. The van der Waals surface area contributed by atoms with Crippen LogP contribution in [0.3, 0.4) is 0 Å². The predicted molar refractivity (Wildman–Crippen MR) is 80.0 cm³/mol. The normalized spacial score (nSPS) is 15.9. The number of nitrogens with zero attached hydrogens (tertiary/aromatic N) is 3. The summed E-state index contributed by atoms with van der Waals surface area (Å²) >= 11 is 0. The molecule has 0 radical (unpaired) electrons. The molecule has 0 atom stereocenters. The molecule has 1 aromatic heterocycles. The second-order valence-electron chi connectivity index (χ2n) is 5.04. The SMILES string of the molecule is C=CC(=O)N1CCC(Oc2cnc3ccccc3n2)CC1. The van der Waals surface area contributed by atoms with Gasteiger partial charge in [0.05, 0.1) is 17.2 Å². The number of fused-ring (bicyclic) bond motifs is 1. The van der Waals surface area contributed by atoms with Gasteiger partial charge in [0.2, 0.25) is 11.8 Å². The number of benzene rings is 1. The zero-order chi connectivity index (χ0) is 14.7. The molecule has 0 bridgehead atoms. The third kappa shape index (κ3) is 3.02. The minimum absolute atomic E-state index is 0.0149. The van der Waals surface area contributed by atoms with Crippen LogP contribution in [0.4, 0.5) is 0 Å². The van der Waals surface area contributed by atoms with Crippen LogP contribution in [-0.2, 0) is 4.79 Å². The lowest BCUT2D eigenvalue weighted by molar-refractivity contribution is -0.127. The summed E-state index contributed by atoms with van der Waals surface area (Å²) in [7, 11) is 0. The Morgan fingerprint density at radius 3 is 2.71 bits per heavy atom. The number of carbonyl (C=O) groups excluding carboxylic acids is 1. The van der Waals surface area contributed by atoms with Crippen molar-refractivity contribution in [2.45, 2.75) is 18.9 Å². The van der Waals surface area contributed by atoms with E-state index in [9.17, 15) is 4.79 Å². The Balaban J connectivity index is 1.64. The average molecular weight is 283 g/mol. The molecular weight excluding hydrogens is 266 g/mol. The molecule has 2 aromatic rings. The van der Waals surface area contributed by atoms with Crippen LogP contribution in [0.25, 0.3) is 11.0 Å². The van der Waals surface area contributed by atoms with Gasteiger partial charge in [0.25, 0.3) is 0 Å². The van der Waals surface area contributed by atoms with Gasteiger partial charge >= 0.3 is 0 Å². The predicted octanol–water partition coefficient (Wildman–Crippen LogP) is 2.19. The summed E-state index contributed by atoms with van der Waals surface area (Å²) in [5.41, 5.74) is 1.69. The number of amides is 1. The third-order valence-electron chi connectivity index (χ3n) is 3.64. The second kappa shape index (κ2) is 5.91. The minimum Gasteiger partial charge on any atom is -0.473 e. The maximum atomic E-state index is 11.5. The lowest BCUT2D eigenvalue weighted by Crippen LogP contribution is -2.41. The van der Waals surface area contributed by atoms with E-state index in [2.05, 4.69) is 16.5 Å². The summed E-state index contributed by atoms with van der Waals surface area (Å²) in [5, 5.41) is 0. The Hall–Kier alpha value is -2.43. The number of hydrogen-bond acceptors (Lipinski definition) is 4. The number of piperidine rings is 1. The lowest BCUT2D eigenvalue weighted by Gasteiger charge is -2.31. The fourth-order valence-corrected chi connectivity index (χ4v) is 2.49. The van der Waals surface area contributed by atoms with E-state index in [0.717, 1.165) is 23.9 Å². The molecule has 0 aliphatic carbocycles. The summed E-state index contributed by atoms with van der Waals surface area (Å²) in [6.07, 6.45) is 4.69. The molecule has 5 nitrogen and oxygen atoms in total. The molecule has 1 fully saturated rings. The molecule has 1 aliphatic rings. The van der Waals surface area contributed by atoms with Gasteiger partial charge in [-0.25, -0.2) is 9.97 Å². The van der Waals surface area contributed by atoms with Crippen LogP contribution >= 0.6 is 0 Å². The van der Waals surface area contributed by atoms with Gasteiger partial charge in [-0.2, -0.15) is 0 Å². The number of hydrogen-bond donors (Lipinski definition) is 0. The topological polar surface area (TPSA) is 55.3 Å². The number of aromatic nitrogens is 2. The van der Waals surface area contributed by atoms with Crippen LogP contribution in [0.1, 0.15) is 12.8 Å². The lowest BCUT2D eigenvalue weighted by atomic mass is 10.1. The molecule has 1 aliphatic heterocycles. The number of likely N-dealkylation sites (tertiary alicyclic amines) is 1. The van der Waals surface area contributed by atoms with Crippen molar-refractivity contribution < 1.29 is 9.53 Å². The first-order chi connectivity index (χ1) is 10.3. The Kier molecular flexibility index (Phi) is 3.81. The molecule has 21 heavy (non-hydrogen) atoms. The molecule has 1 amide bonds.